The molecule has 3 nitrogen and oxygen atoms in total. The molecule has 0 unspecified atom stereocenters. The van der Waals surface area contributed by atoms with Crippen LogP contribution in [0.25, 0.3) is 21.5 Å². The zero-order valence-electron chi connectivity index (χ0n) is 19.3. The van der Waals surface area contributed by atoms with Crippen LogP contribution in [-0.4, -0.2) is 13.1 Å². The predicted octanol–water partition coefficient (Wildman–Crippen LogP) is 7.44. The lowest BCUT2D eigenvalue weighted by Gasteiger charge is -2.24. The summed E-state index contributed by atoms with van der Waals surface area (Å²) >= 11 is 0. The van der Waals surface area contributed by atoms with Crippen molar-refractivity contribution in [1.82, 2.24) is 0 Å². The molecule has 0 saturated heterocycles. The van der Waals surface area contributed by atoms with Gasteiger partial charge in [0.05, 0.1) is 13.0 Å². The van der Waals surface area contributed by atoms with Crippen LogP contribution in [0.5, 0.6) is 5.75 Å². The smallest absolute Gasteiger partial charge is 0.314 e. The number of ether oxygens (including phenoxy) is 2. The highest BCUT2D eigenvalue weighted by molar-refractivity contribution is 5.90. The number of methoxy groups -OCH3 is 1. The SMILES string of the molecule is COc1ccc([C@H](C)C(=O)OC(c2cccc3ccccc23)c2cccc3ccccc23)cc1. The van der Waals surface area contributed by atoms with Gasteiger partial charge in [0.25, 0.3) is 0 Å². The van der Waals surface area contributed by atoms with Gasteiger partial charge in [0.2, 0.25) is 0 Å². The molecule has 0 aromatic heterocycles. The van der Waals surface area contributed by atoms with E-state index in [4.69, 9.17) is 9.47 Å². The first-order chi connectivity index (χ1) is 16.7. The van der Waals surface area contributed by atoms with Crippen molar-refractivity contribution >= 4 is 27.5 Å². The summed E-state index contributed by atoms with van der Waals surface area (Å²) in [4.78, 5) is 13.5. The number of carbonyl (C=O) groups excluding carboxylic acids is 1. The van der Waals surface area contributed by atoms with E-state index in [0.29, 0.717) is 0 Å². The zero-order chi connectivity index (χ0) is 23.5. The predicted molar refractivity (Wildman–Crippen MR) is 137 cm³/mol. The second-order valence-electron chi connectivity index (χ2n) is 8.45. The number of benzene rings is 5. The third kappa shape index (κ3) is 4.13. The Bertz CT molecular complexity index is 1360. The lowest BCUT2D eigenvalue weighted by molar-refractivity contribution is -0.148. The average Bonchev–Trinajstić information content (AvgIpc) is 2.90. The van der Waals surface area contributed by atoms with Crippen LogP contribution in [0, 0.1) is 0 Å². The topological polar surface area (TPSA) is 35.5 Å². The van der Waals surface area contributed by atoms with Crippen LogP contribution in [0.3, 0.4) is 0 Å². The normalized spacial score (nSPS) is 12.1. The first kappa shape index (κ1) is 21.7. The van der Waals surface area contributed by atoms with Gasteiger partial charge in [-0.05, 0) is 46.2 Å². The molecule has 0 aliphatic carbocycles. The van der Waals surface area contributed by atoms with Crippen molar-refractivity contribution in [1.29, 1.82) is 0 Å². The molecule has 168 valence electrons. The molecule has 34 heavy (non-hydrogen) atoms. The minimum atomic E-state index is -0.537. The number of hydrogen-bond donors (Lipinski definition) is 0. The summed E-state index contributed by atoms with van der Waals surface area (Å²) in [7, 11) is 1.63. The van der Waals surface area contributed by atoms with Gasteiger partial charge in [-0.1, -0.05) is 97.1 Å². The Hall–Kier alpha value is -4.11. The molecule has 0 radical (unpaired) electrons. The van der Waals surface area contributed by atoms with Gasteiger partial charge in [-0.2, -0.15) is 0 Å². The molecule has 5 rings (SSSR count). The van der Waals surface area contributed by atoms with E-state index in [0.717, 1.165) is 44.0 Å². The number of rotatable bonds is 6. The Morgan fingerprint density at radius 1 is 0.647 bits per heavy atom. The van der Waals surface area contributed by atoms with Crippen molar-refractivity contribution in [2.45, 2.75) is 18.9 Å². The van der Waals surface area contributed by atoms with Crippen LogP contribution >= 0.6 is 0 Å². The summed E-state index contributed by atoms with van der Waals surface area (Å²) in [6.07, 6.45) is -0.537. The van der Waals surface area contributed by atoms with Gasteiger partial charge in [0, 0.05) is 11.1 Å². The zero-order valence-corrected chi connectivity index (χ0v) is 19.3. The van der Waals surface area contributed by atoms with E-state index in [9.17, 15) is 4.79 Å². The van der Waals surface area contributed by atoms with E-state index in [1.807, 2.05) is 67.6 Å². The van der Waals surface area contributed by atoms with Crippen molar-refractivity contribution in [2.75, 3.05) is 7.11 Å². The maximum atomic E-state index is 13.5. The Balaban J connectivity index is 1.60. The molecule has 0 N–H and O–H groups in total. The first-order valence-corrected chi connectivity index (χ1v) is 11.5. The summed E-state index contributed by atoms with van der Waals surface area (Å²) in [6.45, 7) is 1.88. The molecule has 1 atom stereocenters. The molecule has 5 aromatic rings. The van der Waals surface area contributed by atoms with Crippen LogP contribution < -0.4 is 4.74 Å². The largest absolute Gasteiger partial charge is 0.497 e. The molecule has 0 amide bonds. The van der Waals surface area contributed by atoms with Crippen LogP contribution in [0.15, 0.2) is 109 Å². The number of esters is 1. The Morgan fingerprint density at radius 3 is 1.68 bits per heavy atom. The van der Waals surface area contributed by atoms with Crippen molar-refractivity contribution in [3.05, 3.63) is 126 Å². The first-order valence-electron chi connectivity index (χ1n) is 11.5. The summed E-state index contributed by atoms with van der Waals surface area (Å²) in [5.74, 6) is 0.0723. The standard InChI is InChI=1S/C31H26O3/c1-21(22-17-19-25(33-2)20-18-22)31(32)34-30(28-15-7-11-23-9-3-5-13-26(23)28)29-16-8-12-24-10-4-6-14-27(24)29/h3-21,30H,1-2H3/t21-/m0/s1. The van der Waals surface area contributed by atoms with Crippen LogP contribution in [0.1, 0.15) is 35.6 Å². The minimum absolute atomic E-state index is 0.268. The quantitative estimate of drug-likeness (QED) is 0.254. The fourth-order valence-corrected chi connectivity index (χ4v) is 4.50. The van der Waals surface area contributed by atoms with Crippen molar-refractivity contribution in [3.8, 4) is 5.75 Å². The third-order valence-corrected chi connectivity index (χ3v) is 6.42. The molecular weight excluding hydrogens is 420 g/mol. The van der Waals surface area contributed by atoms with E-state index in [1.54, 1.807) is 7.11 Å². The second kappa shape index (κ2) is 9.40. The summed E-state index contributed by atoms with van der Waals surface area (Å²) in [5, 5.41) is 4.38. The van der Waals surface area contributed by atoms with Gasteiger partial charge >= 0.3 is 5.97 Å². The van der Waals surface area contributed by atoms with Crippen molar-refractivity contribution in [3.63, 3.8) is 0 Å². The van der Waals surface area contributed by atoms with Crippen LogP contribution in [0.4, 0.5) is 0 Å². The van der Waals surface area contributed by atoms with Crippen molar-refractivity contribution < 1.29 is 14.3 Å². The number of fused-ring (bicyclic) bond motifs is 2. The molecule has 0 saturated carbocycles. The molecule has 0 spiro atoms. The lowest BCUT2D eigenvalue weighted by atomic mass is 9.92. The maximum absolute atomic E-state index is 13.5. The van der Waals surface area contributed by atoms with Gasteiger partial charge in [0.1, 0.15) is 5.75 Å². The Morgan fingerprint density at radius 2 is 1.15 bits per heavy atom. The van der Waals surface area contributed by atoms with E-state index in [1.165, 1.54) is 0 Å². The van der Waals surface area contributed by atoms with Gasteiger partial charge in [-0.3, -0.25) is 4.79 Å². The fraction of sp³-hybridized carbons (Fsp3) is 0.129. The molecule has 0 aliphatic heterocycles. The van der Waals surface area contributed by atoms with Gasteiger partial charge in [-0.15, -0.1) is 0 Å². The fourth-order valence-electron chi connectivity index (χ4n) is 4.50. The van der Waals surface area contributed by atoms with Crippen LogP contribution in [0.2, 0.25) is 0 Å². The highest BCUT2D eigenvalue weighted by Crippen LogP contribution is 2.37. The van der Waals surface area contributed by atoms with Gasteiger partial charge < -0.3 is 9.47 Å². The van der Waals surface area contributed by atoms with E-state index >= 15 is 0 Å². The maximum Gasteiger partial charge on any atom is 0.314 e. The monoisotopic (exact) mass is 446 g/mol. The van der Waals surface area contributed by atoms with Crippen molar-refractivity contribution in [2.24, 2.45) is 0 Å². The van der Waals surface area contributed by atoms with Crippen LogP contribution in [-0.2, 0) is 9.53 Å². The van der Waals surface area contributed by atoms with E-state index in [2.05, 4.69) is 48.5 Å². The van der Waals surface area contributed by atoms with Gasteiger partial charge in [-0.25, -0.2) is 0 Å². The molecule has 0 bridgehead atoms. The number of hydrogen-bond acceptors (Lipinski definition) is 3. The highest BCUT2D eigenvalue weighted by atomic mass is 16.5. The summed E-state index contributed by atoms with van der Waals surface area (Å²) < 4.78 is 11.6. The molecule has 5 aromatic carbocycles. The summed E-state index contributed by atoms with van der Waals surface area (Å²) in [5.41, 5.74) is 2.84. The molecule has 0 heterocycles. The Labute approximate surface area is 199 Å². The molecule has 0 fully saturated rings. The minimum Gasteiger partial charge on any atom is -0.497 e. The van der Waals surface area contributed by atoms with E-state index < -0.39 is 12.0 Å². The number of carbonyl (C=O) groups is 1. The molecular formula is C31H26O3. The van der Waals surface area contributed by atoms with E-state index in [-0.39, 0.29) is 5.97 Å². The van der Waals surface area contributed by atoms with Gasteiger partial charge in [0.15, 0.2) is 6.10 Å². The average molecular weight is 447 g/mol. The second-order valence-corrected chi connectivity index (χ2v) is 8.45. The lowest BCUT2D eigenvalue weighted by Crippen LogP contribution is -2.18. The molecule has 0 aliphatic rings. The molecule has 3 heteroatoms. The summed E-state index contributed by atoms with van der Waals surface area (Å²) in [6, 6.07) is 36.3. The Kier molecular flexibility index (Phi) is 6.01. The third-order valence-electron chi connectivity index (χ3n) is 6.42. The highest BCUT2D eigenvalue weighted by Gasteiger charge is 2.26.